The summed E-state index contributed by atoms with van der Waals surface area (Å²) in [6, 6.07) is 6.59. The Labute approximate surface area is 161 Å². The van der Waals surface area contributed by atoms with Gasteiger partial charge in [-0.05, 0) is 18.6 Å². The van der Waals surface area contributed by atoms with Crippen molar-refractivity contribution in [3.8, 4) is 0 Å². The van der Waals surface area contributed by atoms with E-state index in [2.05, 4.69) is 15.6 Å². The Kier molecular flexibility index (Phi) is 12.3. The molecule has 0 saturated carbocycles. The van der Waals surface area contributed by atoms with Crippen molar-refractivity contribution >= 4 is 41.7 Å². The van der Waals surface area contributed by atoms with E-state index in [0.717, 1.165) is 0 Å². The van der Waals surface area contributed by atoms with Crippen LogP contribution in [0.5, 0.6) is 0 Å². The summed E-state index contributed by atoms with van der Waals surface area (Å²) in [7, 11) is 0. The third kappa shape index (κ3) is 11.0. The summed E-state index contributed by atoms with van der Waals surface area (Å²) in [4.78, 5) is 3.87. The smallest absolute Gasteiger partial charge is 0.357 e. The monoisotopic (exact) mass is 479 g/mol. The van der Waals surface area contributed by atoms with Gasteiger partial charge < -0.3 is 10.6 Å². The lowest BCUT2D eigenvalue weighted by Gasteiger charge is -2.11. The van der Waals surface area contributed by atoms with E-state index in [1.807, 2.05) is 6.92 Å². The lowest BCUT2D eigenvalue weighted by atomic mass is 10.2. The van der Waals surface area contributed by atoms with Crippen molar-refractivity contribution in [3.63, 3.8) is 0 Å². The highest BCUT2D eigenvalue weighted by atomic mass is 127. The molecule has 0 unspecified atom stereocenters. The van der Waals surface area contributed by atoms with Gasteiger partial charge in [0, 0.05) is 24.6 Å². The molecule has 2 N–H and O–H groups in total. The van der Waals surface area contributed by atoms with E-state index in [9.17, 15) is 17.6 Å². The van der Waals surface area contributed by atoms with Gasteiger partial charge in [0.05, 0.1) is 13.0 Å². The third-order valence-corrected chi connectivity index (χ3v) is 3.77. The Morgan fingerprint density at radius 2 is 1.92 bits per heavy atom. The number of hydrogen-bond acceptors (Lipinski definition) is 2. The number of guanidine groups is 1. The van der Waals surface area contributed by atoms with Crippen LogP contribution in [0.3, 0.4) is 0 Å². The van der Waals surface area contributed by atoms with Crippen LogP contribution in [0.25, 0.3) is 0 Å². The first-order valence-corrected chi connectivity index (χ1v) is 8.48. The van der Waals surface area contributed by atoms with Crippen molar-refractivity contribution in [2.24, 2.45) is 4.99 Å². The molecule has 0 amide bonds. The van der Waals surface area contributed by atoms with Crippen LogP contribution in [0.15, 0.2) is 29.3 Å². The predicted molar refractivity (Wildman–Crippen MR) is 103 cm³/mol. The van der Waals surface area contributed by atoms with Crippen LogP contribution < -0.4 is 10.6 Å². The fraction of sp³-hybridized carbons (Fsp3) is 0.533. The standard InChI is InChI=1S/C15H21F4N3S.HI/c1-2-20-14(21-8-7-15(17,18)19)22-9-10-23-11-12-5-3-4-6-13(12)16;/h3-6H,2,7-11H2,1H3,(H2,20,21,22);1H. The van der Waals surface area contributed by atoms with E-state index in [1.165, 1.54) is 6.07 Å². The normalized spacial score (nSPS) is 11.8. The van der Waals surface area contributed by atoms with Crippen LogP contribution in [-0.2, 0) is 5.75 Å². The SMILES string of the molecule is CCNC(=NCCC(F)(F)F)NCCSCc1ccccc1F.I. The molecule has 0 aliphatic rings. The largest absolute Gasteiger partial charge is 0.390 e. The first-order valence-electron chi connectivity index (χ1n) is 7.32. The van der Waals surface area contributed by atoms with Gasteiger partial charge in [0.1, 0.15) is 5.82 Å². The Morgan fingerprint density at radius 1 is 1.21 bits per heavy atom. The second kappa shape index (κ2) is 12.6. The number of nitrogens with zero attached hydrogens (tertiary/aromatic N) is 1. The summed E-state index contributed by atoms with van der Waals surface area (Å²) < 4.78 is 49.7. The first-order chi connectivity index (χ1) is 10.9. The molecule has 0 bridgehead atoms. The van der Waals surface area contributed by atoms with E-state index >= 15 is 0 Å². The van der Waals surface area contributed by atoms with Gasteiger partial charge in [-0.2, -0.15) is 24.9 Å². The van der Waals surface area contributed by atoms with Crippen LogP contribution in [0.4, 0.5) is 17.6 Å². The zero-order valence-corrected chi connectivity index (χ0v) is 16.5. The van der Waals surface area contributed by atoms with Gasteiger partial charge in [-0.1, -0.05) is 18.2 Å². The molecular weight excluding hydrogens is 457 g/mol. The Morgan fingerprint density at radius 3 is 2.54 bits per heavy atom. The lowest BCUT2D eigenvalue weighted by molar-refractivity contribution is -0.132. The fourth-order valence-electron chi connectivity index (χ4n) is 1.68. The Hall–Kier alpha value is -0.710. The van der Waals surface area contributed by atoms with Gasteiger partial charge >= 0.3 is 6.18 Å². The van der Waals surface area contributed by atoms with Crippen molar-refractivity contribution in [1.82, 2.24) is 10.6 Å². The molecule has 0 atom stereocenters. The number of nitrogens with one attached hydrogen (secondary N) is 2. The fourth-order valence-corrected chi connectivity index (χ4v) is 2.52. The van der Waals surface area contributed by atoms with Crippen molar-refractivity contribution in [2.45, 2.75) is 25.3 Å². The molecule has 0 fully saturated rings. The van der Waals surface area contributed by atoms with Crippen LogP contribution in [0.2, 0.25) is 0 Å². The molecule has 1 rings (SSSR count). The average Bonchev–Trinajstić information content (AvgIpc) is 2.47. The van der Waals surface area contributed by atoms with E-state index < -0.39 is 12.6 Å². The van der Waals surface area contributed by atoms with Crippen molar-refractivity contribution < 1.29 is 17.6 Å². The first kappa shape index (κ1) is 23.3. The third-order valence-electron chi connectivity index (χ3n) is 2.76. The molecule has 0 aromatic heterocycles. The van der Waals surface area contributed by atoms with E-state index in [4.69, 9.17) is 0 Å². The summed E-state index contributed by atoms with van der Waals surface area (Å²) >= 11 is 1.54. The molecule has 24 heavy (non-hydrogen) atoms. The molecule has 1 aromatic carbocycles. The van der Waals surface area contributed by atoms with Crippen LogP contribution >= 0.6 is 35.7 Å². The lowest BCUT2D eigenvalue weighted by Crippen LogP contribution is -2.38. The molecule has 0 radical (unpaired) electrons. The number of rotatable bonds is 8. The quantitative estimate of drug-likeness (QED) is 0.193. The van der Waals surface area contributed by atoms with E-state index in [-0.39, 0.29) is 36.3 Å². The second-order valence-corrected chi connectivity index (χ2v) is 5.80. The van der Waals surface area contributed by atoms with Crippen molar-refractivity contribution in [2.75, 3.05) is 25.4 Å². The Bertz CT molecular complexity index is 498. The summed E-state index contributed by atoms with van der Waals surface area (Å²) in [5, 5.41) is 5.85. The molecule has 9 heteroatoms. The van der Waals surface area contributed by atoms with Crippen molar-refractivity contribution in [1.29, 1.82) is 0 Å². The van der Waals surface area contributed by atoms with Crippen molar-refractivity contribution in [3.05, 3.63) is 35.6 Å². The van der Waals surface area contributed by atoms with Gasteiger partial charge in [0.15, 0.2) is 5.96 Å². The zero-order valence-electron chi connectivity index (χ0n) is 13.3. The maximum atomic E-state index is 13.4. The zero-order chi connectivity index (χ0) is 17.1. The van der Waals surface area contributed by atoms with Gasteiger partial charge in [0.25, 0.3) is 0 Å². The van der Waals surface area contributed by atoms with Crippen LogP contribution in [0.1, 0.15) is 18.9 Å². The summed E-state index contributed by atoms with van der Waals surface area (Å²) in [6.07, 6.45) is -5.14. The maximum absolute atomic E-state index is 13.4. The highest BCUT2D eigenvalue weighted by molar-refractivity contribution is 14.0. The second-order valence-electron chi connectivity index (χ2n) is 4.70. The minimum atomic E-state index is -4.20. The van der Waals surface area contributed by atoms with E-state index in [1.54, 1.807) is 30.0 Å². The molecule has 3 nitrogen and oxygen atoms in total. The molecule has 0 aliphatic heterocycles. The van der Waals surface area contributed by atoms with Gasteiger partial charge in [0.2, 0.25) is 0 Å². The van der Waals surface area contributed by atoms with Gasteiger partial charge in [-0.3, -0.25) is 4.99 Å². The predicted octanol–water partition coefficient (Wildman–Crippen LogP) is 4.18. The highest BCUT2D eigenvalue weighted by Gasteiger charge is 2.26. The molecule has 0 spiro atoms. The number of alkyl halides is 3. The minimum absolute atomic E-state index is 0. The maximum Gasteiger partial charge on any atom is 0.390 e. The summed E-state index contributed by atoms with van der Waals surface area (Å²) in [5.74, 6) is 1.38. The average molecular weight is 479 g/mol. The molecular formula is C15H22F4IN3S. The van der Waals surface area contributed by atoms with Gasteiger partial charge in [-0.15, -0.1) is 24.0 Å². The Balaban J connectivity index is 0.00000529. The number of benzene rings is 1. The number of halogens is 5. The minimum Gasteiger partial charge on any atom is -0.357 e. The number of aliphatic imine (C=N–C) groups is 1. The highest BCUT2D eigenvalue weighted by Crippen LogP contribution is 2.19. The molecule has 0 aliphatic carbocycles. The van der Waals surface area contributed by atoms with Crippen LogP contribution in [-0.4, -0.2) is 37.5 Å². The topological polar surface area (TPSA) is 36.4 Å². The summed E-state index contributed by atoms with van der Waals surface area (Å²) in [6.45, 7) is 2.65. The van der Waals surface area contributed by atoms with Gasteiger partial charge in [-0.25, -0.2) is 4.39 Å². The number of hydrogen-bond donors (Lipinski definition) is 2. The van der Waals surface area contributed by atoms with Crippen LogP contribution in [0, 0.1) is 5.82 Å². The molecule has 1 aromatic rings. The molecule has 0 saturated heterocycles. The summed E-state index contributed by atoms with van der Waals surface area (Å²) in [5.41, 5.74) is 0.642. The molecule has 138 valence electrons. The number of thioether (sulfide) groups is 1. The van der Waals surface area contributed by atoms with E-state index in [0.29, 0.717) is 36.1 Å². The molecule has 0 heterocycles.